The maximum atomic E-state index is 13.4. The number of methoxy groups -OCH3 is 2. The van der Waals surface area contributed by atoms with E-state index in [1.807, 2.05) is 0 Å². The molecule has 0 aliphatic carbocycles. The summed E-state index contributed by atoms with van der Waals surface area (Å²) in [7, 11) is 2.92. The van der Waals surface area contributed by atoms with Crippen molar-refractivity contribution in [3.8, 4) is 5.88 Å². The standard InChI is InChI=1S/C12H21FN2O4/c1-8(13)9(2)15-11(19-6-5-17-3)10(7-14-15)12(16)18-4/h7-9,12,16H,5-6H2,1-4H3/t8-,9?,12?/m0/s1. The molecule has 0 aliphatic rings. The number of aliphatic hydroxyl groups excluding tert-OH is 1. The largest absolute Gasteiger partial charge is 0.475 e. The molecule has 0 saturated heterocycles. The van der Waals surface area contributed by atoms with Crippen molar-refractivity contribution < 1.29 is 23.7 Å². The van der Waals surface area contributed by atoms with Gasteiger partial charge in [-0.2, -0.15) is 5.10 Å². The predicted molar refractivity (Wildman–Crippen MR) is 66.8 cm³/mol. The van der Waals surface area contributed by atoms with Gasteiger partial charge in [0.1, 0.15) is 12.8 Å². The highest BCUT2D eigenvalue weighted by Gasteiger charge is 2.24. The van der Waals surface area contributed by atoms with Crippen molar-refractivity contribution in [1.29, 1.82) is 0 Å². The highest BCUT2D eigenvalue weighted by Crippen LogP contribution is 2.29. The molecule has 1 N–H and O–H groups in total. The molecule has 6 nitrogen and oxygen atoms in total. The van der Waals surface area contributed by atoms with E-state index >= 15 is 0 Å². The number of rotatable bonds is 8. The Bertz CT molecular complexity index is 384. The summed E-state index contributed by atoms with van der Waals surface area (Å²) in [6.07, 6.45) is -0.847. The van der Waals surface area contributed by atoms with Crippen molar-refractivity contribution >= 4 is 0 Å². The maximum absolute atomic E-state index is 13.4. The minimum Gasteiger partial charge on any atom is -0.475 e. The Kier molecular flexibility index (Phi) is 6.20. The quantitative estimate of drug-likeness (QED) is 0.575. The van der Waals surface area contributed by atoms with Gasteiger partial charge >= 0.3 is 0 Å². The van der Waals surface area contributed by atoms with Crippen molar-refractivity contribution in [2.45, 2.75) is 32.4 Å². The average Bonchev–Trinajstić information content (AvgIpc) is 2.81. The van der Waals surface area contributed by atoms with Crippen molar-refractivity contribution in [2.24, 2.45) is 0 Å². The lowest BCUT2D eigenvalue weighted by Crippen LogP contribution is -2.19. The summed E-state index contributed by atoms with van der Waals surface area (Å²) >= 11 is 0. The van der Waals surface area contributed by atoms with Gasteiger partial charge in [-0.1, -0.05) is 0 Å². The van der Waals surface area contributed by atoms with Crippen LogP contribution in [-0.4, -0.2) is 48.5 Å². The molecule has 0 aromatic carbocycles. The van der Waals surface area contributed by atoms with Crippen molar-refractivity contribution in [3.63, 3.8) is 0 Å². The molecule has 0 amide bonds. The molecule has 1 aromatic heterocycles. The van der Waals surface area contributed by atoms with Crippen LogP contribution in [0, 0.1) is 0 Å². The number of halogens is 1. The lowest BCUT2D eigenvalue weighted by atomic mass is 10.2. The second kappa shape index (κ2) is 7.42. The molecule has 0 aliphatic heterocycles. The van der Waals surface area contributed by atoms with Gasteiger partial charge in [-0.25, -0.2) is 9.07 Å². The summed E-state index contributed by atoms with van der Waals surface area (Å²) in [5, 5.41) is 13.8. The average molecular weight is 276 g/mol. The Morgan fingerprint density at radius 2 is 2.05 bits per heavy atom. The molecule has 110 valence electrons. The van der Waals surface area contributed by atoms with E-state index in [0.717, 1.165) is 0 Å². The zero-order valence-corrected chi connectivity index (χ0v) is 11.7. The number of hydrogen-bond donors (Lipinski definition) is 1. The second-order valence-corrected chi connectivity index (χ2v) is 4.20. The summed E-state index contributed by atoms with van der Waals surface area (Å²) in [4.78, 5) is 0. The number of nitrogens with zero attached hydrogens (tertiary/aromatic N) is 2. The van der Waals surface area contributed by atoms with Gasteiger partial charge in [0, 0.05) is 14.2 Å². The van der Waals surface area contributed by atoms with Gasteiger partial charge in [0.2, 0.25) is 5.88 Å². The van der Waals surface area contributed by atoms with E-state index in [4.69, 9.17) is 14.2 Å². The summed E-state index contributed by atoms with van der Waals surface area (Å²) in [5.41, 5.74) is 0.367. The van der Waals surface area contributed by atoms with Crippen LogP contribution in [0.2, 0.25) is 0 Å². The van der Waals surface area contributed by atoms with Crippen LogP contribution < -0.4 is 4.74 Å². The number of ether oxygens (including phenoxy) is 3. The smallest absolute Gasteiger partial charge is 0.220 e. The van der Waals surface area contributed by atoms with Crippen LogP contribution in [0.1, 0.15) is 31.7 Å². The topological polar surface area (TPSA) is 65.7 Å². The fourth-order valence-corrected chi connectivity index (χ4v) is 1.52. The zero-order chi connectivity index (χ0) is 14.4. The third-order valence-electron chi connectivity index (χ3n) is 2.84. The van der Waals surface area contributed by atoms with Crippen LogP contribution in [0.3, 0.4) is 0 Å². The Hall–Kier alpha value is -1.18. The molecule has 0 radical (unpaired) electrons. The number of alkyl halides is 1. The van der Waals surface area contributed by atoms with Crippen LogP contribution in [0.5, 0.6) is 5.88 Å². The molecular weight excluding hydrogens is 255 g/mol. The normalized spacial score (nSPS) is 16.1. The Morgan fingerprint density at radius 3 is 2.58 bits per heavy atom. The van der Waals surface area contributed by atoms with E-state index in [2.05, 4.69) is 5.10 Å². The van der Waals surface area contributed by atoms with Crippen LogP contribution in [0.25, 0.3) is 0 Å². The lowest BCUT2D eigenvalue weighted by molar-refractivity contribution is -0.0786. The fourth-order valence-electron chi connectivity index (χ4n) is 1.52. The van der Waals surface area contributed by atoms with E-state index in [1.54, 1.807) is 14.0 Å². The van der Waals surface area contributed by atoms with Crippen molar-refractivity contribution in [2.75, 3.05) is 27.4 Å². The van der Waals surface area contributed by atoms with Gasteiger partial charge in [-0.05, 0) is 13.8 Å². The maximum Gasteiger partial charge on any atom is 0.220 e. The van der Waals surface area contributed by atoms with Crippen LogP contribution in [0.4, 0.5) is 4.39 Å². The molecule has 2 unspecified atom stereocenters. The zero-order valence-electron chi connectivity index (χ0n) is 11.7. The molecule has 1 aromatic rings. The van der Waals surface area contributed by atoms with E-state index in [0.29, 0.717) is 18.1 Å². The van der Waals surface area contributed by atoms with Gasteiger partial charge in [0.25, 0.3) is 0 Å². The van der Waals surface area contributed by atoms with Gasteiger partial charge in [0.05, 0.1) is 24.4 Å². The van der Waals surface area contributed by atoms with Crippen molar-refractivity contribution in [1.82, 2.24) is 9.78 Å². The summed E-state index contributed by atoms with van der Waals surface area (Å²) in [5.74, 6) is 0.295. The van der Waals surface area contributed by atoms with Gasteiger partial charge in [-0.15, -0.1) is 0 Å². The van der Waals surface area contributed by atoms with E-state index in [-0.39, 0.29) is 6.61 Å². The first-order chi connectivity index (χ1) is 9.02. The minimum absolute atomic E-state index is 0.277. The summed E-state index contributed by atoms with van der Waals surface area (Å²) < 4.78 is 30.0. The summed E-state index contributed by atoms with van der Waals surface area (Å²) in [6, 6.07) is -0.504. The lowest BCUT2D eigenvalue weighted by Gasteiger charge is -2.18. The highest BCUT2D eigenvalue weighted by molar-refractivity contribution is 5.26. The highest BCUT2D eigenvalue weighted by atomic mass is 19.1. The molecule has 1 heterocycles. The van der Waals surface area contributed by atoms with Crippen LogP contribution >= 0.6 is 0 Å². The van der Waals surface area contributed by atoms with Gasteiger partial charge in [-0.3, -0.25) is 0 Å². The molecule has 0 fully saturated rings. The van der Waals surface area contributed by atoms with Crippen LogP contribution in [-0.2, 0) is 9.47 Å². The Labute approximate surface area is 112 Å². The fraction of sp³-hybridized carbons (Fsp3) is 0.750. The first-order valence-corrected chi connectivity index (χ1v) is 6.07. The SMILES string of the molecule is COCCOc1c(C(O)OC)cnn1C(C)[C@H](C)F. The molecular formula is C12H21FN2O4. The number of hydrogen-bond acceptors (Lipinski definition) is 5. The molecule has 1 rings (SSSR count). The van der Waals surface area contributed by atoms with Crippen molar-refractivity contribution in [3.05, 3.63) is 11.8 Å². The molecule has 0 spiro atoms. The minimum atomic E-state index is -1.16. The molecule has 19 heavy (non-hydrogen) atoms. The molecule has 0 bridgehead atoms. The molecule has 0 saturated carbocycles. The summed E-state index contributed by atoms with van der Waals surface area (Å²) in [6.45, 7) is 3.79. The van der Waals surface area contributed by atoms with Crippen LogP contribution in [0.15, 0.2) is 6.20 Å². The number of aliphatic hydroxyl groups is 1. The Morgan fingerprint density at radius 1 is 1.37 bits per heavy atom. The van der Waals surface area contributed by atoms with Gasteiger partial charge < -0.3 is 19.3 Å². The number of aromatic nitrogens is 2. The third kappa shape index (κ3) is 3.89. The monoisotopic (exact) mass is 276 g/mol. The first-order valence-electron chi connectivity index (χ1n) is 6.07. The molecule has 3 atom stereocenters. The molecule has 7 heteroatoms. The van der Waals surface area contributed by atoms with E-state index in [1.165, 1.54) is 24.9 Å². The Balaban J connectivity index is 2.99. The van der Waals surface area contributed by atoms with Gasteiger partial charge in [0.15, 0.2) is 6.29 Å². The predicted octanol–water partition coefficient (Wildman–Crippen LogP) is 1.46. The first kappa shape index (κ1) is 15.9. The van der Waals surface area contributed by atoms with E-state index < -0.39 is 18.5 Å². The second-order valence-electron chi connectivity index (χ2n) is 4.20. The van der Waals surface area contributed by atoms with E-state index in [9.17, 15) is 9.50 Å². The third-order valence-corrected chi connectivity index (χ3v) is 2.84.